The molecule has 0 saturated carbocycles. The molecule has 0 bridgehead atoms. The van der Waals surface area contributed by atoms with Crippen LogP contribution in [-0.2, 0) is 4.57 Å². The molecule has 0 spiro atoms. The molecule has 0 atom stereocenters. The standard InChI is InChI=1S/C12H10OP.Pb/c13-14(11-7-3-1-4-8-11)12-9-5-2-6-10-12;/h1-10H;/q+1;-1. The summed E-state index contributed by atoms with van der Waals surface area (Å²) in [5.41, 5.74) is 0. The van der Waals surface area contributed by atoms with E-state index in [0.29, 0.717) is 25.2 Å². The van der Waals surface area contributed by atoms with E-state index in [9.17, 15) is 4.57 Å². The topological polar surface area (TPSA) is 17.1 Å². The summed E-state index contributed by atoms with van der Waals surface area (Å²) in [5.74, 6) is 0. The van der Waals surface area contributed by atoms with E-state index in [1.54, 1.807) is 0 Å². The first-order chi connectivity index (χ1) is 7.21. The molecule has 3 radical (unpaired) electrons. The molecule has 0 aliphatic rings. The summed E-state index contributed by atoms with van der Waals surface area (Å²) < 4.78 is 10.4. The van der Waals surface area contributed by atoms with Gasteiger partial charge in [-0.25, -0.2) is 0 Å². The summed E-state index contributed by atoms with van der Waals surface area (Å²) in [5, 5.41) is 1.95. The van der Waals surface area contributed by atoms with Crippen molar-refractivity contribution in [3.8, 4) is 0 Å². The minimum absolute atomic E-state index is 0.679. The van der Waals surface area contributed by atoms with Crippen LogP contribution in [0, 0.1) is 0 Å². The molecule has 0 fully saturated rings. The first-order valence-corrected chi connectivity index (χ1v) is 11.6. The molecular formula is C12H10OPPb. The Labute approximate surface area is 105 Å². The second-order valence-electron chi connectivity index (χ2n) is 3.28. The third-order valence-electron chi connectivity index (χ3n) is 2.24. The Morgan fingerprint density at radius 2 is 1.07 bits per heavy atom. The Hall–Kier alpha value is -0.408. The van der Waals surface area contributed by atoms with E-state index in [4.69, 9.17) is 0 Å². The molecule has 3 heteroatoms. The average Bonchev–Trinajstić information content (AvgIpc) is 2.31. The quantitative estimate of drug-likeness (QED) is 0.550. The number of benzene rings is 2. The zero-order valence-electron chi connectivity index (χ0n) is 8.13. The summed E-state index contributed by atoms with van der Waals surface area (Å²) >= 11 is 0.679. The zero-order chi connectivity index (χ0) is 10.7. The van der Waals surface area contributed by atoms with Gasteiger partial charge in [0.25, 0.3) is 0 Å². The van der Waals surface area contributed by atoms with Crippen molar-refractivity contribution in [2.24, 2.45) is 0 Å². The van der Waals surface area contributed by atoms with Crippen molar-refractivity contribution in [1.29, 1.82) is 0 Å². The normalized spacial score (nSPS) is 11.3. The van der Waals surface area contributed by atoms with E-state index in [2.05, 4.69) is 0 Å². The van der Waals surface area contributed by atoms with Crippen LogP contribution in [-0.4, -0.2) is 25.2 Å². The van der Waals surface area contributed by atoms with Gasteiger partial charge in [-0.1, -0.05) is 0 Å². The molecule has 0 amide bonds. The summed E-state index contributed by atoms with van der Waals surface area (Å²) in [6.45, 7) is 0. The maximum atomic E-state index is 12.7. The molecule has 0 aromatic heterocycles. The van der Waals surface area contributed by atoms with Gasteiger partial charge in [-0.15, -0.1) is 0 Å². The van der Waals surface area contributed by atoms with Crippen LogP contribution in [0.3, 0.4) is 0 Å². The van der Waals surface area contributed by atoms with Gasteiger partial charge in [0, 0.05) is 0 Å². The zero-order valence-corrected chi connectivity index (χ0v) is 12.9. The molecule has 73 valence electrons. The van der Waals surface area contributed by atoms with Gasteiger partial charge in [0.05, 0.1) is 0 Å². The predicted molar refractivity (Wildman–Crippen MR) is 65.5 cm³/mol. The second-order valence-corrected chi connectivity index (χ2v) is 12.9. The summed E-state index contributed by atoms with van der Waals surface area (Å²) in [4.78, 5) is 0. The summed E-state index contributed by atoms with van der Waals surface area (Å²) in [6.07, 6.45) is 0. The van der Waals surface area contributed by atoms with E-state index >= 15 is 0 Å². The van der Waals surface area contributed by atoms with Crippen molar-refractivity contribution in [1.82, 2.24) is 0 Å². The molecule has 0 N–H and O–H groups in total. The van der Waals surface area contributed by atoms with Crippen LogP contribution < -0.4 is 10.6 Å². The van der Waals surface area contributed by atoms with Gasteiger partial charge in [-0.2, -0.15) is 0 Å². The van der Waals surface area contributed by atoms with E-state index < -0.39 is 4.26 Å². The Morgan fingerprint density at radius 3 is 1.40 bits per heavy atom. The minimum atomic E-state index is -2.26. The second kappa shape index (κ2) is 4.62. The SMILES string of the molecule is O=[P]([Pb])(c1ccccc1)c1ccccc1. The van der Waals surface area contributed by atoms with Gasteiger partial charge in [-0.3, -0.25) is 0 Å². The molecular weight excluding hydrogens is 398 g/mol. The van der Waals surface area contributed by atoms with Gasteiger partial charge in [0.2, 0.25) is 0 Å². The van der Waals surface area contributed by atoms with Crippen molar-refractivity contribution >= 4 is 40.0 Å². The van der Waals surface area contributed by atoms with E-state index in [1.807, 2.05) is 60.7 Å². The van der Waals surface area contributed by atoms with E-state index in [1.165, 1.54) is 0 Å². The molecule has 2 aromatic carbocycles. The molecule has 0 unspecified atom stereocenters. The van der Waals surface area contributed by atoms with Crippen molar-refractivity contribution in [3.05, 3.63) is 60.7 Å². The first-order valence-electron chi connectivity index (χ1n) is 4.67. The van der Waals surface area contributed by atoms with Crippen LogP contribution >= 0.6 is 4.26 Å². The summed E-state index contributed by atoms with van der Waals surface area (Å²) in [7, 11) is 0. The van der Waals surface area contributed by atoms with Crippen LogP contribution in [0.15, 0.2) is 60.7 Å². The fourth-order valence-electron chi connectivity index (χ4n) is 1.42. The number of hydrogen-bond donors (Lipinski definition) is 0. The Morgan fingerprint density at radius 1 is 0.733 bits per heavy atom. The molecule has 2 rings (SSSR count). The van der Waals surface area contributed by atoms with Crippen LogP contribution in [0.2, 0.25) is 0 Å². The van der Waals surface area contributed by atoms with Crippen LogP contribution in [0.1, 0.15) is 0 Å². The fourth-order valence-corrected chi connectivity index (χ4v) is 6.38. The molecule has 2 aromatic rings. The van der Waals surface area contributed by atoms with Gasteiger partial charge in [0.15, 0.2) is 0 Å². The van der Waals surface area contributed by atoms with Gasteiger partial charge >= 0.3 is 105 Å². The van der Waals surface area contributed by atoms with Gasteiger partial charge in [0.1, 0.15) is 0 Å². The van der Waals surface area contributed by atoms with Gasteiger partial charge < -0.3 is 0 Å². The Balaban J connectivity index is 2.50. The number of hydrogen-bond acceptors (Lipinski definition) is 1. The first kappa shape index (κ1) is 11.1. The van der Waals surface area contributed by atoms with Crippen molar-refractivity contribution in [2.75, 3.05) is 0 Å². The monoisotopic (exact) mass is 409 g/mol. The molecule has 0 saturated heterocycles. The molecule has 0 heterocycles. The van der Waals surface area contributed by atoms with E-state index in [-0.39, 0.29) is 0 Å². The van der Waals surface area contributed by atoms with E-state index in [0.717, 1.165) is 10.6 Å². The van der Waals surface area contributed by atoms with Crippen molar-refractivity contribution in [2.45, 2.75) is 0 Å². The summed E-state index contributed by atoms with van der Waals surface area (Å²) in [6, 6.07) is 19.5. The Bertz CT molecular complexity index is 438. The molecule has 0 aliphatic heterocycles. The van der Waals surface area contributed by atoms with Crippen LogP contribution in [0.25, 0.3) is 0 Å². The molecule has 0 aliphatic carbocycles. The molecule has 15 heavy (non-hydrogen) atoms. The van der Waals surface area contributed by atoms with Crippen molar-refractivity contribution in [3.63, 3.8) is 0 Å². The average molecular weight is 408 g/mol. The molecule has 1 nitrogen and oxygen atoms in total. The number of rotatable bonds is 2. The maximum absolute atomic E-state index is 12.7. The van der Waals surface area contributed by atoms with Gasteiger partial charge in [-0.05, 0) is 0 Å². The Kier molecular flexibility index (Phi) is 3.42. The van der Waals surface area contributed by atoms with Crippen molar-refractivity contribution < 1.29 is 4.57 Å². The fraction of sp³-hybridized carbons (Fsp3) is 0. The van der Waals surface area contributed by atoms with Crippen LogP contribution in [0.5, 0.6) is 0 Å². The third-order valence-corrected chi connectivity index (χ3v) is 10.3. The predicted octanol–water partition coefficient (Wildman–Crippen LogP) is 2.08. The third kappa shape index (κ3) is 2.40. The van der Waals surface area contributed by atoms with Crippen LogP contribution in [0.4, 0.5) is 0 Å².